The minimum absolute atomic E-state index is 0.132. The van der Waals surface area contributed by atoms with E-state index in [4.69, 9.17) is 5.73 Å². The van der Waals surface area contributed by atoms with Crippen molar-refractivity contribution in [1.29, 1.82) is 0 Å². The van der Waals surface area contributed by atoms with Gasteiger partial charge in [0.15, 0.2) is 0 Å². The molecule has 94 valence electrons. The summed E-state index contributed by atoms with van der Waals surface area (Å²) in [5.41, 5.74) is 10.4. The molecule has 0 amide bonds. The molecule has 2 heteroatoms. The number of rotatable bonds is 4. The normalized spacial score (nSPS) is 17.6. The van der Waals surface area contributed by atoms with Crippen LogP contribution in [0.5, 0.6) is 0 Å². The zero-order valence-corrected chi connectivity index (χ0v) is 11.3. The Hall–Kier alpha value is -1.02. The third kappa shape index (κ3) is 3.01. The van der Waals surface area contributed by atoms with Gasteiger partial charge in [-0.1, -0.05) is 6.07 Å². The van der Waals surface area contributed by atoms with Crippen LogP contribution in [0.1, 0.15) is 36.8 Å². The number of anilines is 1. The second kappa shape index (κ2) is 4.69. The fraction of sp³-hybridized carbons (Fsp3) is 0.600. The minimum atomic E-state index is 0.132. The molecule has 2 N–H and O–H groups in total. The highest BCUT2D eigenvalue weighted by Gasteiger charge is 2.32. The van der Waals surface area contributed by atoms with E-state index >= 15 is 0 Å². The molecule has 1 aromatic rings. The molecule has 0 bridgehead atoms. The van der Waals surface area contributed by atoms with E-state index in [1.807, 2.05) is 0 Å². The summed E-state index contributed by atoms with van der Waals surface area (Å²) in [6.07, 6.45) is 4.82. The van der Waals surface area contributed by atoms with Crippen molar-refractivity contribution in [1.82, 2.24) is 0 Å². The highest BCUT2D eigenvalue weighted by Crippen LogP contribution is 2.32. The molecule has 1 aliphatic rings. The number of nitrogens with zero attached hydrogens (tertiary/aromatic N) is 1. The van der Waals surface area contributed by atoms with Crippen molar-refractivity contribution < 1.29 is 0 Å². The molecule has 0 aromatic heterocycles. The van der Waals surface area contributed by atoms with Gasteiger partial charge in [0.2, 0.25) is 0 Å². The monoisotopic (exact) mass is 232 g/mol. The third-order valence-corrected chi connectivity index (χ3v) is 3.94. The summed E-state index contributed by atoms with van der Waals surface area (Å²) in [6, 6.07) is 6.71. The van der Waals surface area contributed by atoms with Gasteiger partial charge in [0.05, 0.1) is 0 Å². The van der Waals surface area contributed by atoms with Gasteiger partial charge in [-0.15, -0.1) is 0 Å². The van der Waals surface area contributed by atoms with Crippen molar-refractivity contribution in [2.75, 3.05) is 18.5 Å². The molecule has 0 atom stereocenters. The molecule has 1 aromatic carbocycles. The first-order valence-corrected chi connectivity index (χ1v) is 6.57. The molecule has 0 saturated heterocycles. The Morgan fingerprint density at radius 1 is 1.18 bits per heavy atom. The van der Waals surface area contributed by atoms with Crippen LogP contribution in [0, 0.1) is 13.8 Å². The Kier molecular flexibility index (Phi) is 3.43. The van der Waals surface area contributed by atoms with Crippen LogP contribution in [0.15, 0.2) is 18.2 Å². The number of nitrogens with two attached hydrogens (primary N) is 1. The molecule has 2 rings (SSSR count). The van der Waals surface area contributed by atoms with E-state index in [1.165, 1.54) is 36.1 Å². The van der Waals surface area contributed by atoms with E-state index in [-0.39, 0.29) is 5.54 Å². The molecule has 1 fully saturated rings. The van der Waals surface area contributed by atoms with Crippen molar-refractivity contribution in [3.8, 4) is 0 Å². The fourth-order valence-electron chi connectivity index (χ4n) is 2.57. The van der Waals surface area contributed by atoms with Gasteiger partial charge in [0.25, 0.3) is 0 Å². The first-order valence-electron chi connectivity index (χ1n) is 6.57. The van der Waals surface area contributed by atoms with Gasteiger partial charge in [-0.2, -0.15) is 0 Å². The second-order valence-electron chi connectivity index (χ2n) is 5.73. The Morgan fingerprint density at radius 3 is 2.24 bits per heavy atom. The highest BCUT2D eigenvalue weighted by molar-refractivity contribution is 5.50. The van der Waals surface area contributed by atoms with Crippen molar-refractivity contribution >= 4 is 5.69 Å². The van der Waals surface area contributed by atoms with Crippen molar-refractivity contribution in [2.45, 2.75) is 45.1 Å². The van der Waals surface area contributed by atoms with Gasteiger partial charge < -0.3 is 10.6 Å². The van der Waals surface area contributed by atoms with Gasteiger partial charge in [-0.25, -0.2) is 0 Å². The summed E-state index contributed by atoms with van der Waals surface area (Å²) in [7, 11) is 2.16. The van der Waals surface area contributed by atoms with E-state index in [1.54, 1.807) is 0 Å². The maximum atomic E-state index is 6.26. The van der Waals surface area contributed by atoms with Crippen molar-refractivity contribution in [2.24, 2.45) is 5.73 Å². The van der Waals surface area contributed by atoms with Crippen LogP contribution in [-0.2, 0) is 0 Å². The van der Waals surface area contributed by atoms with Crippen molar-refractivity contribution in [3.05, 3.63) is 29.3 Å². The standard InChI is InChI=1S/C15H24N2/c1-12-9-13(2)11-14(10-12)17(3)8-7-15(16)5-4-6-15/h9-11H,4-8,16H2,1-3H3. The average Bonchev–Trinajstić information content (AvgIpc) is 2.22. The number of benzene rings is 1. The van der Waals surface area contributed by atoms with Crippen LogP contribution in [0.25, 0.3) is 0 Å². The Balaban J connectivity index is 1.96. The summed E-state index contributed by atoms with van der Waals surface area (Å²) in [4.78, 5) is 2.33. The van der Waals surface area contributed by atoms with Crippen LogP contribution in [0.3, 0.4) is 0 Å². The Morgan fingerprint density at radius 2 is 1.76 bits per heavy atom. The van der Waals surface area contributed by atoms with E-state index in [0.29, 0.717) is 0 Å². The molecule has 2 nitrogen and oxygen atoms in total. The first kappa shape index (κ1) is 12.4. The SMILES string of the molecule is Cc1cc(C)cc(N(C)CCC2(N)CCC2)c1. The summed E-state index contributed by atoms with van der Waals surface area (Å²) in [5, 5.41) is 0. The summed E-state index contributed by atoms with van der Waals surface area (Å²) < 4.78 is 0. The zero-order chi connectivity index (χ0) is 12.5. The Bertz CT molecular complexity index is 374. The lowest BCUT2D eigenvalue weighted by Crippen LogP contribution is -2.48. The van der Waals surface area contributed by atoms with E-state index in [9.17, 15) is 0 Å². The fourth-order valence-corrected chi connectivity index (χ4v) is 2.57. The third-order valence-electron chi connectivity index (χ3n) is 3.94. The molecule has 1 aliphatic carbocycles. The van der Waals surface area contributed by atoms with E-state index in [0.717, 1.165) is 13.0 Å². The first-order chi connectivity index (χ1) is 7.98. The van der Waals surface area contributed by atoms with Gasteiger partial charge in [0, 0.05) is 24.8 Å². The predicted octanol–water partition coefficient (Wildman–Crippen LogP) is 3.01. The Labute approximate surface area is 105 Å². The maximum absolute atomic E-state index is 6.26. The van der Waals surface area contributed by atoms with Crippen LogP contribution in [0.2, 0.25) is 0 Å². The van der Waals surface area contributed by atoms with E-state index < -0.39 is 0 Å². The van der Waals surface area contributed by atoms with Crippen LogP contribution in [-0.4, -0.2) is 19.1 Å². The topological polar surface area (TPSA) is 29.3 Å². The summed E-state index contributed by atoms with van der Waals surface area (Å²) in [5.74, 6) is 0. The average molecular weight is 232 g/mol. The van der Waals surface area contributed by atoms with Gasteiger partial charge >= 0.3 is 0 Å². The number of aryl methyl sites for hydroxylation is 2. The molecular formula is C15H24N2. The number of hydrogen-bond acceptors (Lipinski definition) is 2. The molecule has 0 heterocycles. The van der Waals surface area contributed by atoms with Gasteiger partial charge in [-0.3, -0.25) is 0 Å². The van der Waals surface area contributed by atoms with Gasteiger partial charge in [0.1, 0.15) is 0 Å². The molecule has 0 spiro atoms. The number of hydrogen-bond donors (Lipinski definition) is 1. The predicted molar refractivity (Wildman–Crippen MR) is 74.6 cm³/mol. The largest absolute Gasteiger partial charge is 0.375 e. The van der Waals surface area contributed by atoms with Gasteiger partial charge in [-0.05, 0) is 62.8 Å². The minimum Gasteiger partial charge on any atom is -0.375 e. The lowest BCUT2D eigenvalue weighted by molar-refractivity contribution is 0.234. The molecular weight excluding hydrogens is 208 g/mol. The van der Waals surface area contributed by atoms with E-state index in [2.05, 4.69) is 44.0 Å². The summed E-state index contributed by atoms with van der Waals surface area (Å²) in [6.45, 7) is 5.36. The molecule has 0 radical (unpaired) electrons. The van der Waals surface area contributed by atoms with Crippen LogP contribution >= 0.6 is 0 Å². The quantitative estimate of drug-likeness (QED) is 0.864. The highest BCUT2D eigenvalue weighted by atomic mass is 15.1. The molecule has 17 heavy (non-hydrogen) atoms. The summed E-state index contributed by atoms with van der Waals surface area (Å²) >= 11 is 0. The molecule has 1 saturated carbocycles. The molecule has 0 aliphatic heterocycles. The second-order valence-corrected chi connectivity index (χ2v) is 5.73. The maximum Gasteiger partial charge on any atom is 0.0368 e. The lowest BCUT2D eigenvalue weighted by atomic mass is 9.75. The zero-order valence-electron chi connectivity index (χ0n) is 11.3. The van der Waals surface area contributed by atoms with Crippen LogP contribution < -0.4 is 10.6 Å². The smallest absolute Gasteiger partial charge is 0.0368 e. The van der Waals surface area contributed by atoms with Crippen LogP contribution in [0.4, 0.5) is 5.69 Å². The van der Waals surface area contributed by atoms with Crippen molar-refractivity contribution in [3.63, 3.8) is 0 Å². The molecule has 0 unspecified atom stereocenters. The lowest BCUT2D eigenvalue weighted by Gasteiger charge is -2.39.